The molecule has 0 bridgehead atoms. The molecule has 2 unspecified atom stereocenters. The van der Waals surface area contributed by atoms with Crippen molar-refractivity contribution in [3.05, 3.63) is 0 Å². The zero-order valence-electron chi connectivity index (χ0n) is 12.3. The predicted molar refractivity (Wildman–Crippen MR) is 76.5 cm³/mol. The van der Waals surface area contributed by atoms with Crippen LogP contribution in [0.1, 0.15) is 66.2 Å². The Morgan fingerprint density at radius 1 is 1.18 bits per heavy atom. The molecule has 102 valence electrons. The van der Waals surface area contributed by atoms with Gasteiger partial charge in [-0.2, -0.15) is 0 Å². The molecule has 0 aromatic heterocycles. The molecule has 0 spiro atoms. The minimum Gasteiger partial charge on any atom is -0.312 e. The lowest BCUT2D eigenvalue weighted by Gasteiger charge is -2.36. The fourth-order valence-electron chi connectivity index (χ4n) is 2.42. The van der Waals surface area contributed by atoms with Crippen LogP contribution >= 0.6 is 0 Å². The third kappa shape index (κ3) is 5.39. The first kappa shape index (κ1) is 15.0. The van der Waals surface area contributed by atoms with Crippen molar-refractivity contribution in [1.29, 1.82) is 0 Å². The summed E-state index contributed by atoms with van der Waals surface area (Å²) in [5, 5.41) is 3.70. The summed E-state index contributed by atoms with van der Waals surface area (Å²) < 4.78 is 0. The Bertz CT molecular complexity index is 189. The number of hydrogen-bond acceptors (Lipinski definition) is 2. The number of unbranched alkanes of at least 4 members (excludes halogenated alkanes) is 1. The molecule has 1 saturated carbocycles. The zero-order chi connectivity index (χ0) is 12.7. The summed E-state index contributed by atoms with van der Waals surface area (Å²) in [7, 11) is 0. The summed E-state index contributed by atoms with van der Waals surface area (Å²) in [6.07, 6.45) is 7.98. The van der Waals surface area contributed by atoms with E-state index in [1.165, 1.54) is 51.6 Å². The largest absolute Gasteiger partial charge is 0.312 e. The quantitative estimate of drug-likeness (QED) is 0.629. The topological polar surface area (TPSA) is 15.3 Å². The van der Waals surface area contributed by atoms with Gasteiger partial charge in [-0.25, -0.2) is 0 Å². The van der Waals surface area contributed by atoms with Crippen LogP contribution in [-0.2, 0) is 0 Å². The van der Waals surface area contributed by atoms with Gasteiger partial charge in [0.25, 0.3) is 0 Å². The van der Waals surface area contributed by atoms with Gasteiger partial charge in [0.15, 0.2) is 0 Å². The minimum absolute atomic E-state index is 0.729. The molecule has 1 aliphatic rings. The summed E-state index contributed by atoms with van der Waals surface area (Å²) in [6.45, 7) is 11.8. The molecule has 1 fully saturated rings. The van der Waals surface area contributed by atoms with Gasteiger partial charge in [0, 0.05) is 24.7 Å². The van der Waals surface area contributed by atoms with Gasteiger partial charge in [0.2, 0.25) is 0 Å². The highest BCUT2D eigenvalue weighted by Gasteiger charge is 2.25. The van der Waals surface area contributed by atoms with Gasteiger partial charge >= 0.3 is 0 Å². The average molecular weight is 240 g/mol. The maximum Gasteiger partial charge on any atom is 0.0220 e. The molecule has 17 heavy (non-hydrogen) atoms. The predicted octanol–water partition coefficient (Wildman–Crippen LogP) is 3.42. The minimum atomic E-state index is 0.729. The van der Waals surface area contributed by atoms with Crippen LogP contribution in [0.25, 0.3) is 0 Å². The van der Waals surface area contributed by atoms with E-state index in [2.05, 4.69) is 37.9 Å². The van der Waals surface area contributed by atoms with Crippen molar-refractivity contribution >= 4 is 0 Å². The molecule has 0 aliphatic heterocycles. The SMILES string of the molecule is CCCCN(C(C)CC)C(CC)CNC1CC1. The van der Waals surface area contributed by atoms with Crippen LogP contribution in [0.2, 0.25) is 0 Å². The lowest BCUT2D eigenvalue weighted by molar-refractivity contribution is 0.130. The second kappa shape index (κ2) is 8.10. The molecule has 2 nitrogen and oxygen atoms in total. The highest BCUT2D eigenvalue weighted by Crippen LogP contribution is 2.20. The Balaban J connectivity index is 2.42. The van der Waals surface area contributed by atoms with Crippen molar-refractivity contribution in [2.24, 2.45) is 0 Å². The molecular weight excluding hydrogens is 208 g/mol. The van der Waals surface area contributed by atoms with E-state index in [-0.39, 0.29) is 0 Å². The average Bonchev–Trinajstić information content (AvgIpc) is 3.16. The normalized spacial score (nSPS) is 19.6. The van der Waals surface area contributed by atoms with Gasteiger partial charge in [0.1, 0.15) is 0 Å². The van der Waals surface area contributed by atoms with Crippen LogP contribution in [-0.4, -0.2) is 36.1 Å². The first-order chi connectivity index (χ1) is 8.22. The van der Waals surface area contributed by atoms with Crippen molar-refractivity contribution in [2.45, 2.75) is 84.3 Å². The Kier molecular flexibility index (Phi) is 7.14. The van der Waals surface area contributed by atoms with Crippen LogP contribution in [0, 0.1) is 0 Å². The molecule has 1 N–H and O–H groups in total. The summed E-state index contributed by atoms with van der Waals surface area (Å²) in [5.74, 6) is 0. The molecule has 0 amide bonds. The Morgan fingerprint density at radius 3 is 2.35 bits per heavy atom. The number of hydrogen-bond donors (Lipinski definition) is 1. The van der Waals surface area contributed by atoms with Gasteiger partial charge < -0.3 is 5.32 Å². The van der Waals surface area contributed by atoms with E-state index in [0.717, 1.165) is 18.1 Å². The fourth-order valence-corrected chi connectivity index (χ4v) is 2.42. The highest BCUT2D eigenvalue weighted by molar-refractivity contribution is 4.85. The Hall–Kier alpha value is -0.0800. The van der Waals surface area contributed by atoms with Gasteiger partial charge in [-0.15, -0.1) is 0 Å². The van der Waals surface area contributed by atoms with E-state index >= 15 is 0 Å². The molecule has 0 heterocycles. The Morgan fingerprint density at radius 2 is 1.88 bits per heavy atom. The van der Waals surface area contributed by atoms with Crippen molar-refractivity contribution in [3.63, 3.8) is 0 Å². The van der Waals surface area contributed by atoms with Crippen molar-refractivity contribution in [1.82, 2.24) is 10.2 Å². The monoisotopic (exact) mass is 240 g/mol. The van der Waals surface area contributed by atoms with E-state index in [0.29, 0.717) is 0 Å². The molecule has 1 rings (SSSR count). The summed E-state index contributed by atoms with van der Waals surface area (Å²) >= 11 is 0. The van der Waals surface area contributed by atoms with Gasteiger partial charge in [-0.1, -0.05) is 27.2 Å². The van der Waals surface area contributed by atoms with E-state index < -0.39 is 0 Å². The first-order valence-corrected chi connectivity index (χ1v) is 7.71. The second-order valence-electron chi connectivity index (χ2n) is 5.59. The van der Waals surface area contributed by atoms with Crippen molar-refractivity contribution < 1.29 is 0 Å². The maximum absolute atomic E-state index is 3.70. The van der Waals surface area contributed by atoms with E-state index in [9.17, 15) is 0 Å². The van der Waals surface area contributed by atoms with E-state index in [4.69, 9.17) is 0 Å². The van der Waals surface area contributed by atoms with Crippen LogP contribution in [0.4, 0.5) is 0 Å². The lowest BCUT2D eigenvalue weighted by Crippen LogP contribution is -2.47. The zero-order valence-corrected chi connectivity index (χ0v) is 12.3. The molecule has 0 saturated heterocycles. The van der Waals surface area contributed by atoms with Crippen LogP contribution in [0.5, 0.6) is 0 Å². The second-order valence-corrected chi connectivity index (χ2v) is 5.59. The number of nitrogens with one attached hydrogen (secondary N) is 1. The molecule has 2 heteroatoms. The van der Waals surface area contributed by atoms with Crippen LogP contribution < -0.4 is 5.32 Å². The third-order valence-corrected chi connectivity index (χ3v) is 4.09. The number of rotatable bonds is 10. The molecule has 0 aromatic carbocycles. The van der Waals surface area contributed by atoms with Crippen molar-refractivity contribution in [3.8, 4) is 0 Å². The molecule has 0 radical (unpaired) electrons. The van der Waals surface area contributed by atoms with E-state index in [1.54, 1.807) is 0 Å². The standard InChI is InChI=1S/C15H32N2/c1-5-8-11-17(13(4)6-2)15(7-3)12-16-14-9-10-14/h13-16H,5-12H2,1-4H3. The van der Waals surface area contributed by atoms with Gasteiger partial charge in [0.05, 0.1) is 0 Å². The van der Waals surface area contributed by atoms with Gasteiger partial charge in [-0.3, -0.25) is 4.90 Å². The smallest absolute Gasteiger partial charge is 0.0220 e. The first-order valence-electron chi connectivity index (χ1n) is 7.71. The summed E-state index contributed by atoms with van der Waals surface area (Å²) in [5.41, 5.74) is 0. The summed E-state index contributed by atoms with van der Waals surface area (Å²) in [4.78, 5) is 2.74. The molecule has 0 aromatic rings. The van der Waals surface area contributed by atoms with E-state index in [1.807, 2.05) is 0 Å². The van der Waals surface area contributed by atoms with Crippen molar-refractivity contribution in [2.75, 3.05) is 13.1 Å². The van der Waals surface area contributed by atoms with Crippen LogP contribution in [0.15, 0.2) is 0 Å². The van der Waals surface area contributed by atoms with Gasteiger partial charge in [-0.05, 0) is 45.6 Å². The molecule has 2 atom stereocenters. The maximum atomic E-state index is 3.70. The third-order valence-electron chi connectivity index (χ3n) is 4.09. The summed E-state index contributed by atoms with van der Waals surface area (Å²) in [6, 6.07) is 2.30. The highest BCUT2D eigenvalue weighted by atomic mass is 15.2. The molecule has 1 aliphatic carbocycles. The fraction of sp³-hybridized carbons (Fsp3) is 1.00. The van der Waals surface area contributed by atoms with Crippen LogP contribution in [0.3, 0.4) is 0 Å². The Labute approximate surface area is 108 Å². The molecular formula is C15H32N2. The number of nitrogens with zero attached hydrogens (tertiary/aromatic N) is 1. The lowest BCUT2D eigenvalue weighted by atomic mass is 10.1.